The Hall–Kier alpha value is -1.31. The summed E-state index contributed by atoms with van der Waals surface area (Å²) in [6.07, 6.45) is 10.1. The van der Waals surface area contributed by atoms with Crippen molar-refractivity contribution in [1.82, 2.24) is 0 Å². The van der Waals surface area contributed by atoms with Gasteiger partial charge in [0.25, 0.3) is 0 Å². The first-order chi connectivity index (χ1) is 11.9. The highest BCUT2D eigenvalue weighted by molar-refractivity contribution is 5.75. The number of ether oxygens (including phenoxy) is 1. The molecule has 0 saturated heterocycles. The van der Waals surface area contributed by atoms with Crippen molar-refractivity contribution in [3.8, 4) is 5.75 Å². The summed E-state index contributed by atoms with van der Waals surface area (Å²) in [5.74, 6) is 3.48. The topological polar surface area (TPSA) is 26.3 Å². The van der Waals surface area contributed by atoms with Crippen LogP contribution in [0.2, 0.25) is 0 Å². The van der Waals surface area contributed by atoms with E-state index < -0.39 is 0 Å². The molecule has 1 aromatic rings. The highest BCUT2D eigenvalue weighted by atomic mass is 16.5. The van der Waals surface area contributed by atoms with Crippen molar-refractivity contribution in [2.45, 2.75) is 79.1 Å². The lowest BCUT2D eigenvalue weighted by Crippen LogP contribution is -2.29. The third kappa shape index (κ3) is 4.46. The molecule has 0 aromatic heterocycles. The van der Waals surface area contributed by atoms with Crippen LogP contribution in [0.4, 0.5) is 0 Å². The predicted octanol–water partition coefficient (Wildman–Crippen LogP) is 6.64. The van der Waals surface area contributed by atoms with Crippen molar-refractivity contribution >= 4 is 5.97 Å². The van der Waals surface area contributed by atoms with Crippen LogP contribution in [0, 0.1) is 44.4 Å². The maximum atomic E-state index is 12.6. The van der Waals surface area contributed by atoms with Gasteiger partial charge >= 0.3 is 5.97 Å². The number of hydrogen-bond donors (Lipinski definition) is 0. The zero-order valence-corrected chi connectivity index (χ0v) is 16.4. The number of aryl methyl sites for hydroxylation is 2. The molecule has 2 fully saturated rings. The monoisotopic (exact) mass is 346 g/mol. The Morgan fingerprint density at radius 1 is 0.880 bits per heavy atom. The molecule has 0 unspecified atom stereocenters. The van der Waals surface area contributed by atoms with Gasteiger partial charge in [0.15, 0.2) is 0 Å². The van der Waals surface area contributed by atoms with Crippen molar-refractivity contribution in [3.05, 3.63) is 28.8 Å². The average Bonchev–Trinajstić information content (AvgIpc) is 2.60. The van der Waals surface area contributed by atoms with Crippen LogP contribution < -0.4 is 4.74 Å². The molecule has 0 N–H and O–H groups in total. The zero-order valence-electron chi connectivity index (χ0n) is 16.4. The number of esters is 1. The molecule has 2 saturated carbocycles. The fourth-order valence-electron chi connectivity index (χ4n) is 4.84. The Morgan fingerprint density at radius 2 is 1.36 bits per heavy atom. The van der Waals surface area contributed by atoms with Crippen LogP contribution in [-0.2, 0) is 4.79 Å². The quantitative estimate of drug-likeness (QED) is 0.453. The minimum absolute atomic E-state index is 0. The fraction of sp³-hybridized carbons (Fsp3) is 0.696. The van der Waals surface area contributed by atoms with E-state index in [1.54, 1.807) is 0 Å². The standard InChI is InChI=1S/C23H34O2.2H2/c1-15-5-7-19(8-6-15)20-9-11-21(12-10-20)23(24)25-22-13-16(2)18(4)17(3)14-22;;/h13-15,19-21H,5-12H2,1-4H3;2*1H. The van der Waals surface area contributed by atoms with E-state index in [1.165, 1.54) is 55.2 Å². The molecule has 0 bridgehead atoms. The minimum atomic E-state index is -0.0154. The molecule has 0 aliphatic heterocycles. The van der Waals surface area contributed by atoms with Crippen LogP contribution in [0.5, 0.6) is 5.75 Å². The second-order valence-corrected chi connectivity index (χ2v) is 8.73. The molecule has 0 heterocycles. The van der Waals surface area contributed by atoms with Crippen LogP contribution in [-0.4, -0.2) is 5.97 Å². The largest absolute Gasteiger partial charge is 0.426 e. The maximum absolute atomic E-state index is 12.6. The van der Waals surface area contributed by atoms with Crippen LogP contribution in [0.25, 0.3) is 0 Å². The van der Waals surface area contributed by atoms with E-state index in [-0.39, 0.29) is 14.7 Å². The average molecular weight is 347 g/mol. The van der Waals surface area contributed by atoms with Gasteiger partial charge in [0.1, 0.15) is 5.75 Å². The summed E-state index contributed by atoms with van der Waals surface area (Å²) >= 11 is 0. The first kappa shape index (κ1) is 18.5. The second kappa shape index (κ2) is 7.93. The summed E-state index contributed by atoms with van der Waals surface area (Å²) in [5.41, 5.74) is 3.66. The molecule has 2 heteroatoms. The van der Waals surface area contributed by atoms with Gasteiger partial charge in [-0.2, -0.15) is 0 Å². The first-order valence-corrected chi connectivity index (χ1v) is 10.2. The van der Waals surface area contributed by atoms with E-state index in [1.807, 2.05) is 12.1 Å². The van der Waals surface area contributed by atoms with E-state index >= 15 is 0 Å². The van der Waals surface area contributed by atoms with Crippen LogP contribution >= 0.6 is 0 Å². The Balaban J connectivity index is 0.00000182. The maximum Gasteiger partial charge on any atom is 0.314 e. The lowest BCUT2D eigenvalue weighted by molar-refractivity contribution is -0.140. The van der Waals surface area contributed by atoms with Gasteiger partial charge < -0.3 is 4.74 Å². The lowest BCUT2D eigenvalue weighted by atomic mass is 9.69. The molecule has 0 atom stereocenters. The van der Waals surface area contributed by atoms with E-state index in [9.17, 15) is 4.79 Å². The van der Waals surface area contributed by atoms with Crippen molar-refractivity contribution in [2.75, 3.05) is 0 Å². The van der Waals surface area contributed by atoms with Crippen LogP contribution in [0.3, 0.4) is 0 Å². The predicted molar refractivity (Wildman–Crippen MR) is 107 cm³/mol. The summed E-state index contributed by atoms with van der Waals surface area (Å²) in [5, 5.41) is 0. The molecular formula is C23H38O2. The molecule has 2 aliphatic carbocycles. The minimum Gasteiger partial charge on any atom is -0.426 e. The van der Waals surface area contributed by atoms with Crippen molar-refractivity contribution in [2.24, 2.45) is 23.7 Å². The number of rotatable bonds is 3. The first-order valence-electron chi connectivity index (χ1n) is 10.2. The van der Waals surface area contributed by atoms with E-state index in [0.29, 0.717) is 5.75 Å². The summed E-state index contributed by atoms with van der Waals surface area (Å²) < 4.78 is 5.73. The summed E-state index contributed by atoms with van der Waals surface area (Å²) in [6, 6.07) is 3.99. The number of carbonyl (C=O) groups is 1. The van der Waals surface area contributed by atoms with Crippen LogP contribution in [0.15, 0.2) is 12.1 Å². The van der Waals surface area contributed by atoms with Gasteiger partial charge in [-0.25, -0.2) is 0 Å². The van der Waals surface area contributed by atoms with Gasteiger partial charge in [-0.1, -0.05) is 19.8 Å². The third-order valence-corrected chi connectivity index (χ3v) is 6.95. The molecule has 3 rings (SSSR count). The van der Waals surface area contributed by atoms with Gasteiger partial charge in [0.05, 0.1) is 5.92 Å². The van der Waals surface area contributed by atoms with Crippen molar-refractivity contribution in [1.29, 1.82) is 0 Å². The van der Waals surface area contributed by atoms with Gasteiger partial charge in [0.2, 0.25) is 0 Å². The second-order valence-electron chi connectivity index (χ2n) is 8.73. The molecule has 142 valence electrons. The fourth-order valence-corrected chi connectivity index (χ4v) is 4.84. The highest BCUT2D eigenvalue weighted by Gasteiger charge is 2.33. The van der Waals surface area contributed by atoms with Crippen molar-refractivity contribution < 1.29 is 12.4 Å². The zero-order chi connectivity index (χ0) is 18.0. The lowest BCUT2D eigenvalue weighted by Gasteiger charge is -2.36. The highest BCUT2D eigenvalue weighted by Crippen LogP contribution is 2.41. The Morgan fingerprint density at radius 3 is 1.88 bits per heavy atom. The van der Waals surface area contributed by atoms with Gasteiger partial charge in [-0.05, 0) is 106 Å². The Kier molecular flexibility index (Phi) is 5.86. The molecule has 2 nitrogen and oxygen atoms in total. The Bertz CT molecular complexity index is 590. The molecule has 0 amide bonds. The molecular weight excluding hydrogens is 308 g/mol. The van der Waals surface area contributed by atoms with Crippen LogP contribution in [0.1, 0.15) is 77.8 Å². The molecule has 0 radical (unpaired) electrons. The number of hydrogen-bond acceptors (Lipinski definition) is 2. The number of benzene rings is 1. The molecule has 2 aliphatic rings. The third-order valence-electron chi connectivity index (χ3n) is 6.95. The molecule has 1 aromatic carbocycles. The van der Waals surface area contributed by atoms with Gasteiger partial charge in [-0.15, -0.1) is 0 Å². The van der Waals surface area contributed by atoms with Gasteiger partial charge in [-0.3, -0.25) is 4.79 Å². The number of carbonyl (C=O) groups excluding carboxylic acids is 1. The van der Waals surface area contributed by atoms with E-state index in [0.717, 1.165) is 30.6 Å². The SMILES string of the molecule is Cc1cc(OC(=O)C2CCC(C3CCC(C)CC3)CC2)cc(C)c1C.[HH].[HH]. The summed E-state index contributed by atoms with van der Waals surface area (Å²) in [6.45, 7) is 8.66. The smallest absolute Gasteiger partial charge is 0.314 e. The summed E-state index contributed by atoms with van der Waals surface area (Å²) in [7, 11) is 0. The van der Waals surface area contributed by atoms with E-state index in [4.69, 9.17) is 4.74 Å². The van der Waals surface area contributed by atoms with Crippen molar-refractivity contribution in [3.63, 3.8) is 0 Å². The molecule has 25 heavy (non-hydrogen) atoms. The Labute approximate surface area is 156 Å². The molecule has 0 spiro atoms. The van der Waals surface area contributed by atoms with Gasteiger partial charge in [0, 0.05) is 2.85 Å². The van der Waals surface area contributed by atoms with E-state index in [2.05, 4.69) is 27.7 Å². The normalized spacial score (nSPS) is 30.1. The summed E-state index contributed by atoms with van der Waals surface area (Å²) in [4.78, 5) is 12.6.